The van der Waals surface area contributed by atoms with Gasteiger partial charge in [0.15, 0.2) is 0 Å². The molecule has 4 rings (SSSR count). The van der Waals surface area contributed by atoms with Gasteiger partial charge in [-0.1, -0.05) is 0 Å². The van der Waals surface area contributed by atoms with Gasteiger partial charge in [0.25, 0.3) is 5.91 Å². The van der Waals surface area contributed by atoms with Crippen LogP contribution in [-0.2, 0) is 9.53 Å². The molecule has 1 aromatic rings. The van der Waals surface area contributed by atoms with Crippen molar-refractivity contribution in [3.8, 4) is 0 Å². The van der Waals surface area contributed by atoms with Gasteiger partial charge >= 0.3 is 0 Å². The molecule has 8 heteroatoms. The fraction of sp³-hybridized carbons (Fsp3) is 0.632. The summed E-state index contributed by atoms with van der Waals surface area (Å²) in [4.78, 5) is 33.4. The molecular formula is C19H27N5O3. The maximum absolute atomic E-state index is 12.5. The summed E-state index contributed by atoms with van der Waals surface area (Å²) in [5.41, 5.74) is 1.14. The van der Waals surface area contributed by atoms with E-state index in [0.29, 0.717) is 30.2 Å². The summed E-state index contributed by atoms with van der Waals surface area (Å²) in [6.07, 6.45) is 6.08. The number of pyridine rings is 1. The predicted octanol–water partition coefficient (Wildman–Crippen LogP) is 0.845. The van der Waals surface area contributed by atoms with Gasteiger partial charge in [0.2, 0.25) is 5.91 Å². The zero-order chi connectivity index (χ0) is 18.6. The molecule has 1 atom stereocenters. The van der Waals surface area contributed by atoms with Gasteiger partial charge in [-0.15, -0.1) is 0 Å². The summed E-state index contributed by atoms with van der Waals surface area (Å²) >= 11 is 0. The zero-order valence-corrected chi connectivity index (χ0v) is 15.6. The van der Waals surface area contributed by atoms with Gasteiger partial charge in [0.1, 0.15) is 5.82 Å². The lowest BCUT2D eigenvalue weighted by molar-refractivity contribution is -0.117. The third-order valence-corrected chi connectivity index (χ3v) is 5.45. The third-order valence-electron chi connectivity index (χ3n) is 5.45. The molecule has 0 aromatic carbocycles. The molecule has 146 valence electrons. The van der Waals surface area contributed by atoms with Crippen LogP contribution in [0.25, 0.3) is 0 Å². The summed E-state index contributed by atoms with van der Waals surface area (Å²) in [5.74, 6) is 0.465. The number of ether oxygens (including phenoxy) is 1. The summed E-state index contributed by atoms with van der Waals surface area (Å²) < 4.78 is 5.68. The van der Waals surface area contributed by atoms with Crippen LogP contribution in [0.5, 0.6) is 0 Å². The number of nitrogens with one attached hydrogen (secondary N) is 2. The van der Waals surface area contributed by atoms with E-state index in [1.807, 2.05) is 0 Å². The quantitative estimate of drug-likeness (QED) is 0.769. The molecule has 0 spiro atoms. The molecule has 0 aliphatic carbocycles. The van der Waals surface area contributed by atoms with Crippen LogP contribution in [-0.4, -0.2) is 73.7 Å². The van der Waals surface area contributed by atoms with Crippen molar-refractivity contribution >= 4 is 23.3 Å². The summed E-state index contributed by atoms with van der Waals surface area (Å²) in [6, 6.07) is 1.76. The van der Waals surface area contributed by atoms with E-state index in [2.05, 4.69) is 20.5 Å². The first kappa shape index (κ1) is 18.2. The first-order valence-corrected chi connectivity index (χ1v) is 9.87. The van der Waals surface area contributed by atoms with E-state index in [0.717, 1.165) is 39.1 Å². The number of carbonyl (C=O) groups excluding carboxylic acids is 2. The summed E-state index contributed by atoms with van der Waals surface area (Å²) in [5, 5.41) is 5.99. The molecule has 0 radical (unpaired) electrons. The topological polar surface area (TPSA) is 86.8 Å². The van der Waals surface area contributed by atoms with Gasteiger partial charge < -0.3 is 25.2 Å². The number of likely N-dealkylation sites (tertiary alicyclic amines) is 1. The Balaban J connectivity index is 1.42. The number of amides is 2. The van der Waals surface area contributed by atoms with Crippen molar-refractivity contribution in [2.75, 3.05) is 56.1 Å². The first-order valence-electron chi connectivity index (χ1n) is 9.87. The highest BCUT2D eigenvalue weighted by Crippen LogP contribution is 2.29. The second kappa shape index (κ2) is 8.22. The lowest BCUT2D eigenvalue weighted by Crippen LogP contribution is -2.44. The van der Waals surface area contributed by atoms with E-state index in [1.165, 1.54) is 12.8 Å². The van der Waals surface area contributed by atoms with Crippen LogP contribution >= 0.6 is 0 Å². The number of carbonyl (C=O) groups is 2. The fourth-order valence-electron chi connectivity index (χ4n) is 3.94. The van der Waals surface area contributed by atoms with Crippen LogP contribution in [0, 0.1) is 0 Å². The highest BCUT2D eigenvalue weighted by molar-refractivity contribution is 6.04. The van der Waals surface area contributed by atoms with E-state index in [-0.39, 0.29) is 24.5 Å². The Bertz CT molecular complexity index is 699. The van der Waals surface area contributed by atoms with E-state index < -0.39 is 0 Å². The zero-order valence-electron chi connectivity index (χ0n) is 15.6. The number of hydrogen-bond acceptors (Lipinski definition) is 6. The number of nitrogens with zero attached hydrogens (tertiary/aromatic N) is 3. The highest BCUT2D eigenvalue weighted by atomic mass is 16.5. The largest absolute Gasteiger partial charge is 0.376 e. The van der Waals surface area contributed by atoms with Gasteiger partial charge in [-0.2, -0.15) is 0 Å². The molecule has 2 saturated heterocycles. The lowest BCUT2D eigenvalue weighted by atomic mass is 10.1. The van der Waals surface area contributed by atoms with Crippen molar-refractivity contribution in [2.45, 2.75) is 31.8 Å². The molecule has 0 bridgehead atoms. The summed E-state index contributed by atoms with van der Waals surface area (Å²) in [7, 11) is 0. The minimum atomic E-state index is -0.153. The van der Waals surface area contributed by atoms with Crippen LogP contribution in [0.1, 0.15) is 36.0 Å². The third kappa shape index (κ3) is 4.22. The molecule has 2 N–H and O–H groups in total. The number of anilines is 2. The molecule has 27 heavy (non-hydrogen) atoms. The monoisotopic (exact) mass is 373 g/mol. The van der Waals surface area contributed by atoms with Crippen LogP contribution in [0.4, 0.5) is 11.5 Å². The number of hydrogen-bond donors (Lipinski definition) is 2. The number of rotatable bonds is 6. The molecular weight excluding hydrogens is 346 g/mol. The van der Waals surface area contributed by atoms with Gasteiger partial charge in [0, 0.05) is 25.9 Å². The second-order valence-electron chi connectivity index (χ2n) is 7.39. The highest BCUT2D eigenvalue weighted by Gasteiger charge is 2.29. The fourth-order valence-corrected chi connectivity index (χ4v) is 3.94. The SMILES string of the molecule is O=C(NCCN1CCCC1)c1cnc2c(c1)N(CC1CCCO1)C(=O)CN2. The number of fused-ring (bicyclic) bond motifs is 1. The van der Waals surface area contributed by atoms with E-state index in [4.69, 9.17) is 4.74 Å². The first-order chi connectivity index (χ1) is 13.2. The van der Waals surface area contributed by atoms with Crippen molar-refractivity contribution < 1.29 is 14.3 Å². The van der Waals surface area contributed by atoms with E-state index in [1.54, 1.807) is 17.2 Å². The molecule has 3 aliphatic rings. The molecule has 0 saturated carbocycles. The molecule has 1 aromatic heterocycles. The van der Waals surface area contributed by atoms with Crippen LogP contribution in [0.15, 0.2) is 12.3 Å². The maximum Gasteiger partial charge on any atom is 0.252 e. The second-order valence-corrected chi connectivity index (χ2v) is 7.39. The van der Waals surface area contributed by atoms with E-state index >= 15 is 0 Å². The molecule has 3 aliphatic heterocycles. The standard InChI is InChI=1S/C19H27N5O3/c25-17-12-22-18-16(24(17)13-15-4-3-9-27-15)10-14(11-21-18)19(26)20-5-8-23-6-1-2-7-23/h10-11,15H,1-9,12-13H2,(H,20,26)(H,21,22). The minimum Gasteiger partial charge on any atom is -0.376 e. The molecule has 8 nitrogen and oxygen atoms in total. The van der Waals surface area contributed by atoms with Gasteiger partial charge in [-0.05, 0) is 44.8 Å². The Morgan fingerprint density at radius 1 is 1.33 bits per heavy atom. The van der Waals surface area contributed by atoms with Crippen molar-refractivity contribution in [3.05, 3.63) is 17.8 Å². The van der Waals surface area contributed by atoms with Crippen molar-refractivity contribution in [2.24, 2.45) is 0 Å². The molecule has 2 amide bonds. The van der Waals surface area contributed by atoms with Gasteiger partial charge in [0.05, 0.1) is 30.4 Å². The van der Waals surface area contributed by atoms with Crippen LogP contribution in [0.2, 0.25) is 0 Å². The molecule has 4 heterocycles. The summed E-state index contributed by atoms with van der Waals surface area (Å²) in [6.45, 7) is 5.19. The van der Waals surface area contributed by atoms with Crippen LogP contribution < -0.4 is 15.5 Å². The molecule has 1 unspecified atom stereocenters. The smallest absolute Gasteiger partial charge is 0.252 e. The minimum absolute atomic E-state index is 0.0219. The van der Waals surface area contributed by atoms with Gasteiger partial charge in [-0.3, -0.25) is 9.59 Å². The Hall–Kier alpha value is -2.19. The van der Waals surface area contributed by atoms with Crippen molar-refractivity contribution in [1.82, 2.24) is 15.2 Å². The Labute approximate surface area is 159 Å². The van der Waals surface area contributed by atoms with E-state index in [9.17, 15) is 9.59 Å². The maximum atomic E-state index is 12.5. The Morgan fingerprint density at radius 3 is 2.96 bits per heavy atom. The Morgan fingerprint density at radius 2 is 2.19 bits per heavy atom. The van der Waals surface area contributed by atoms with Crippen molar-refractivity contribution in [3.63, 3.8) is 0 Å². The average molecular weight is 373 g/mol. The molecule has 2 fully saturated rings. The number of aromatic nitrogens is 1. The predicted molar refractivity (Wildman–Crippen MR) is 102 cm³/mol. The normalized spacial score (nSPS) is 22.6. The van der Waals surface area contributed by atoms with Crippen LogP contribution in [0.3, 0.4) is 0 Å². The van der Waals surface area contributed by atoms with Gasteiger partial charge in [-0.25, -0.2) is 4.98 Å². The van der Waals surface area contributed by atoms with Crippen molar-refractivity contribution in [1.29, 1.82) is 0 Å². The lowest BCUT2D eigenvalue weighted by Gasteiger charge is -2.31. The Kier molecular flexibility index (Phi) is 5.54. The average Bonchev–Trinajstić information content (AvgIpc) is 3.37.